The molecule has 1 N–H and O–H groups in total. The molecule has 0 aromatic heterocycles. The van der Waals surface area contributed by atoms with Crippen molar-refractivity contribution in [3.05, 3.63) is 35.4 Å². The molecular weight excluding hydrogens is 181 g/mol. The van der Waals surface area contributed by atoms with Crippen molar-refractivity contribution in [2.75, 3.05) is 0 Å². The molecule has 14 heavy (non-hydrogen) atoms. The first kappa shape index (κ1) is 9.19. The minimum atomic E-state index is -0.490. The molecule has 1 aliphatic rings. The lowest BCUT2D eigenvalue weighted by Crippen LogP contribution is -2.16. The van der Waals surface area contributed by atoms with Crippen LogP contribution in [0, 0.1) is 12.8 Å². The molecule has 3 heteroatoms. The van der Waals surface area contributed by atoms with Gasteiger partial charge in [0.05, 0.1) is 0 Å². The Hall–Kier alpha value is -1.38. The van der Waals surface area contributed by atoms with Crippen LogP contribution in [0.15, 0.2) is 24.3 Å². The molecule has 0 radical (unpaired) electrons. The average Bonchev–Trinajstić information content (AvgIpc) is 2.98. The second-order valence-corrected chi connectivity index (χ2v) is 3.82. The van der Waals surface area contributed by atoms with Gasteiger partial charge in [-0.25, -0.2) is 0 Å². The first-order valence-electron chi connectivity index (χ1n) is 4.69. The monoisotopic (exact) mass is 193 g/mol. The third kappa shape index (κ3) is 1.62. The number of hydrogen-bond donors (Lipinski definition) is 1. The highest BCUT2D eigenvalue weighted by atomic mass is 19.2. The molecule has 1 aliphatic carbocycles. The van der Waals surface area contributed by atoms with Crippen molar-refractivity contribution in [1.29, 1.82) is 0 Å². The van der Waals surface area contributed by atoms with Crippen molar-refractivity contribution in [3.8, 4) is 0 Å². The largest absolute Gasteiger partial charge is 0.272 e. The third-order valence-electron chi connectivity index (χ3n) is 2.73. The van der Waals surface area contributed by atoms with E-state index in [1.54, 1.807) is 0 Å². The number of nitrogens with one attached hydrogen (secondary N) is 1. The van der Waals surface area contributed by atoms with E-state index in [2.05, 4.69) is 0 Å². The van der Waals surface area contributed by atoms with Crippen LogP contribution >= 0.6 is 0 Å². The Labute approximate surface area is 82.1 Å². The molecule has 2 atom stereocenters. The predicted molar refractivity (Wildman–Crippen MR) is 51.3 cm³/mol. The van der Waals surface area contributed by atoms with Crippen molar-refractivity contribution in [2.45, 2.75) is 19.3 Å². The second-order valence-electron chi connectivity index (χ2n) is 3.82. The first-order valence-corrected chi connectivity index (χ1v) is 4.69. The topological polar surface area (TPSA) is 29.1 Å². The van der Waals surface area contributed by atoms with Crippen LogP contribution in [-0.2, 0) is 4.79 Å². The Morgan fingerprint density at radius 2 is 2.07 bits per heavy atom. The molecule has 2 unspecified atom stereocenters. The lowest BCUT2D eigenvalue weighted by molar-refractivity contribution is -0.126. The Morgan fingerprint density at radius 3 is 2.64 bits per heavy atom. The molecule has 2 nitrogen and oxygen atoms in total. The summed E-state index contributed by atoms with van der Waals surface area (Å²) < 4.78 is 11.8. The van der Waals surface area contributed by atoms with Crippen molar-refractivity contribution in [1.82, 2.24) is 5.54 Å². The van der Waals surface area contributed by atoms with E-state index in [9.17, 15) is 9.28 Å². The summed E-state index contributed by atoms with van der Waals surface area (Å²) in [5.41, 5.74) is 3.52. The molecule has 1 aromatic rings. The highest BCUT2D eigenvalue weighted by molar-refractivity contribution is 5.81. The molecule has 1 amide bonds. The molecule has 0 aliphatic heterocycles. The van der Waals surface area contributed by atoms with Crippen LogP contribution in [0.1, 0.15) is 23.5 Å². The van der Waals surface area contributed by atoms with Crippen molar-refractivity contribution >= 4 is 5.91 Å². The van der Waals surface area contributed by atoms with Gasteiger partial charge in [-0.15, -0.1) is 4.48 Å². The smallest absolute Gasteiger partial charge is 0.251 e. The summed E-state index contributed by atoms with van der Waals surface area (Å²) in [5, 5.41) is 0. The fourth-order valence-electron chi connectivity index (χ4n) is 1.74. The fraction of sp³-hybridized carbons (Fsp3) is 0.364. The van der Waals surface area contributed by atoms with E-state index >= 15 is 0 Å². The summed E-state index contributed by atoms with van der Waals surface area (Å²) >= 11 is 0. The molecule has 1 saturated carbocycles. The predicted octanol–water partition coefficient (Wildman–Crippen LogP) is 2.10. The summed E-state index contributed by atoms with van der Waals surface area (Å²) in [6, 6.07) is 8.03. The second kappa shape index (κ2) is 3.40. The normalized spacial score (nSPS) is 24.4. The van der Waals surface area contributed by atoms with Gasteiger partial charge in [0.25, 0.3) is 5.91 Å². The third-order valence-corrected chi connectivity index (χ3v) is 2.73. The van der Waals surface area contributed by atoms with E-state index in [-0.39, 0.29) is 11.8 Å². The molecule has 1 aromatic carbocycles. The minimum absolute atomic E-state index is 0.164. The number of amides is 1. The number of carbonyl (C=O) groups is 1. The lowest BCUT2D eigenvalue weighted by atomic mass is 10.1. The zero-order valence-electron chi connectivity index (χ0n) is 7.96. The zero-order valence-corrected chi connectivity index (χ0v) is 7.96. The summed E-state index contributed by atoms with van der Waals surface area (Å²) in [7, 11) is 0. The number of carbonyl (C=O) groups excluding carboxylic acids is 1. The quantitative estimate of drug-likeness (QED) is 0.716. The van der Waals surface area contributed by atoms with Crippen LogP contribution in [0.25, 0.3) is 0 Å². The van der Waals surface area contributed by atoms with Gasteiger partial charge >= 0.3 is 0 Å². The molecule has 2 rings (SSSR count). The summed E-state index contributed by atoms with van der Waals surface area (Å²) in [6.07, 6.45) is 0.763. The fourth-order valence-corrected chi connectivity index (χ4v) is 1.74. The van der Waals surface area contributed by atoms with E-state index in [4.69, 9.17) is 0 Å². The summed E-state index contributed by atoms with van der Waals surface area (Å²) in [5.74, 6) is -0.440. The van der Waals surface area contributed by atoms with Gasteiger partial charge in [0.15, 0.2) is 0 Å². The van der Waals surface area contributed by atoms with E-state index in [1.807, 2.05) is 31.2 Å². The molecule has 0 bridgehead atoms. The van der Waals surface area contributed by atoms with Gasteiger partial charge in [0.1, 0.15) is 0 Å². The molecule has 0 saturated heterocycles. The highest BCUT2D eigenvalue weighted by Crippen LogP contribution is 2.47. The average molecular weight is 193 g/mol. The van der Waals surface area contributed by atoms with Crippen LogP contribution in [-0.4, -0.2) is 5.91 Å². The maximum Gasteiger partial charge on any atom is 0.251 e. The standard InChI is InChI=1S/C11H12FNO/c1-7-2-4-8(5-3-7)9-6-10(9)11(14)13-12/h2-5,9-10H,6H2,1H3,(H,13,14). The Morgan fingerprint density at radius 1 is 1.43 bits per heavy atom. The summed E-state index contributed by atoms with van der Waals surface area (Å²) in [4.78, 5) is 10.9. The number of benzene rings is 1. The first-order chi connectivity index (χ1) is 6.72. The lowest BCUT2D eigenvalue weighted by Gasteiger charge is -1.99. The van der Waals surface area contributed by atoms with E-state index in [1.165, 1.54) is 11.1 Å². The molecule has 74 valence electrons. The number of aryl methyl sites for hydroxylation is 1. The van der Waals surface area contributed by atoms with Gasteiger partial charge < -0.3 is 0 Å². The number of rotatable bonds is 2. The molecule has 0 heterocycles. The van der Waals surface area contributed by atoms with Crippen molar-refractivity contribution < 1.29 is 9.28 Å². The van der Waals surface area contributed by atoms with Crippen molar-refractivity contribution in [2.24, 2.45) is 5.92 Å². The van der Waals surface area contributed by atoms with E-state index < -0.39 is 5.91 Å². The molecule has 1 fully saturated rings. The van der Waals surface area contributed by atoms with Gasteiger partial charge in [-0.3, -0.25) is 4.79 Å². The Balaban J connectivity index is 2.06. The molecular formula is C11H12FNO. The minimum Gasteiger partial charge on any atom is -0.272 e. The maximum absolute atomic E-state index is 11.8. The van der Waals surface area contributed by atoms with Crippen LogP contribution < -0.4 is 5.54 Å². The number of hydrogen-bond acceptors (Lipinski definition) is 1. The maximum atomic E-state index is 11.8. The van der Waals surface area contributed by atoms with Crippen LogP contribution in [0.4, 0.5) is 4.48 Å². The van der Waals surface area contributed by atoms with Gasteiger partial charge in [0.2, 0.25) is 0 Å². The molecule has 0 spiro atoms. The van der Waals surface area contributed by atoms with E-state index in [0.717, 1.165) is 12.0 Å². The Bertz CT molecular complexity index is 347. The zero-order chi connectivity index (χ0) is 10.1. The Kier molecular flexibility index (Phi) is 2.23. The van der Waals surface area contributed by atoms with Crippen LogP contribution in [0.3, 0.4) is 0 Å². The van der Waals surface area contributed by atoms with Crippen LogP contribution in [0.5, 0.6) is 0 Å². The highest BCUT2D eigenvalue weighted by Gasteiger charge is 2.43. The van der Waals surface area contributed by atoms with Gasteiger partial charge in [0, 0.05) is 5.92 Å². The number of halogens is 1. The van der Waals surface area contributed by atoms with E-state index in [0.29, 0.717) is 0 Å². The van der Waals surface area contributed by atoms with Gasteiger partial charge in [-0.2, -0.15) is 5.54 Å². The van der Waals surface area contributed by atoms with Gasteiger partial charge in [-0.1, -0.05) is 29.8 Å². The van der Waals surface area contributed by atoms with Crippen molar-refractivity contribution in [3.63, 3.8) is 0 Å². The summed E-state index contributed by atoms with van der Waals surface area (Å²) in [6.45, 7) is 2.02. The van der Waals surface area contributed by atoms with Gasteiger partial charge in [-0.05, 0) is 24.8 Å². The van der Waals surface area contributed by atoms with Crippen LogP contribution in [0.2, 0.25) is 0 Å². The SMILES string of the molecule is Cc1ccc(C2CC2C(=O)NF)cc1.